The van der Waals surface area contributed by atoms with Crippen molar-refractivity contribution >= 4 is 27.2 Å². The highest BCUT2D eigenvalue weighted by molar-refractivity contribution is 7.20. The smallest absolute Gasteiger partial charge is 0.279 e. The molecule has 0 aliphatic heterocycles. The molecule has 0 saturated heterocycles. The van der Waals surface area contributed by atoms with Crippen molar-refractivity contribution in [2.45, 2.75) is 26.2 Å². The lowest BCUT2D eigenvalue weighted by molar-refractivity contribution is 0.468. The maximum Gasteiger partial charge on any atom is 0.279 e. The fraction of sp³-hybridized carbons (Fsp3) is 0.235. The van der Waals surface area contributed by atoms with Gasteiger partial charge in [0.2, 0.25) is 0 Å². The molecule has 2 N–H and O–H groups in total. The van der Waals surface area contributed by atoms with Gasteiger partial charge in [0, 0.05) is 5.69 Å². The van der Waals surface area contributed by atoms with Crippen molar-refractivity contribution in [1.29, 1.82) is 0 Å². The molecular formula is C17H18N2OS. The molecule has 1 aromatic heterocycles. The maximum atomic E-state index is 6.02. The minimum atomic E-state index is 0.464. The quantitative estimate of drug-likeness (QED) is 0.675. The maximum absolute atomic E-state index is 6.02. The van der Waals surface area contributed by atoms with Crippen LogP contribution in [-0.4, -0.2) is 4.98 Å². The summed E-state index contributed by atoms with van der Waals surface area (Å²) in [6.07, 6.45) is 1.08. The summed E-state index contributed by atoms with van der Waals surface area (Å²) in [4.78, 5) is 4.52. The number of benzene rings is 2. The Hall–Kier alpha value is -2.07. The van der Waals surface area contributed by atoms with E-state index in [0.29, 0.717) is 11.1 Å². The van der Waals surface area contributed by atoms with Crippen LogP contribution in [0, 0.1) is 0 Å². The van der Waals surface area contributed by atoms with Gasteiger partial charge in [-0.3, -0.25) is 0 Å². The number of thiazole rings is 1. The molecule has 1 unspecified atom stereocenters. The van der Waals surface area contributed by atoms with Crippen LogP contribution in [0.15, 0.2) is 42.5 Å². The first-order chi connectivity index (χ1) is 10.2. The zero-order chi connectivity index (χ0) is 14.8. The van der Waals surface area contributed by atoms with Crippen molar-refractivity contribution in [3.63, 3.8) is 0 Å². The zero-order valence-electron chi connectivity index (χ0n) is 12.2. The third kappa shape index (κ3) is 2.85. The molecule has 0 aliphatic rings. The van der Waals surface area contributed by atoms with Gasteiger partial charge in [0.05, 0.1) is 10.2 Å². The molecule has 1 heterocycles. The van der Waals surface area contributed by atoms with E-state index < -0.39 is 0 Å². The molecule has 0 radical (unpaired) electrons. The molecular weight excluding hydrogens is 280 g/mol. The molecule has 0 spiro atoms. The predicted molar refractivity (Wildman–Crippen MR) is 89.3 cm³/mol. The second kappa shape index (κ2) is 5.74. The number of anilines is 1. The van der Waals surface area contributed by atoms with Crippen LogP contribution in [0.25, 0.3) is 10.2 Å². The average molecular weight is 298 g/mol. The number of ether oxygens (including phenoxy) is 1. The van der Waals surface area contributed by atoms with Gasteiger partial charge in [0.25, 0.3) is 5.19 Å². The number of nitrogens with two attached hydrogens (primary N) is 1. The Bertz CT molecular complexity index is 766. The summed E-state index contributed by atoms with van der Waals surface area (Å²) in [5.74, 6) is 1.35. The number of para-hydroxylation sites is 1. The molecule has 3 nitrogen and oxygen atoms in total. The van der Waals surface area contributed by atoms with E-state index in [4.69, 9.17) is 10.5 Å². The first-order valence-electron chi connectivity index (χ1n) is 7.10. The number of nitrogens with zero attached hydrogens (tertiary/aromatic N) is 1. The molecule has 2 aromatic carbocycles. The van der Waals surface area contributed by atoms with Crippen LogP contribution in [0.5, 0.6) is 10.9 Å². The SMILES string of the molecule is CCC(C)c1ccccc1Oc1nc2ccc(N)cc2s1. The van der Waals surface area contributed by atoms with E-state index in [0.717, 1.165) is 28.1 Å². The fourth-order valence-electron chi connectivity index (χ4n) is 2.26. The van der Waals surface area contributed by atoms with Crippen LogP contribution < -0.4 is 10.5 Å². The van der Waals surface area contributed by atoms with Crippen molar-refractivity contribution in [3.05, 3.63) is 48.0 Å². The molecule has 0 amide bonds. The third-order valence-corrected chi connectivity index (χ3v) is 4.55. The molecule has 3 rings (SSSR count). The van der Waals surface area contributed by atoms with Crippen LogP contribution >= 0.6 is 11.3 Å². The lowest BCUT2D eigenvalue weighted by atomic mass is 9.98. The Morgan fingerprint density at radius 3 is 2.86 bits per heavy atom. The fourth-order valence-corrected chi connectivity index (χ4v) is 3.14. The number of hydrogen-bond donors (Lipinski definition) is 1. The monoisotopic (exact) mass is 298 g/mol. The standard InChI is InChI=1S/C17H18N2OS/c1-3-11(2)13-6-4-5-7-15(13)20-17-19-14-9-8-12(18)10-16(14)21-17/h4-11H,3,18H2,1-2H3. The lowest BCUT2D eigenvalue weighted by Gasteiger charge is -2.13. The van der Waals surface area contributed by atoms with E-state index in [1.807, 2.05) is 36.4 Å². The van der Waals surface area contributed by atoms with Gasteiger partial charge >= 0.3 is 0 Å². The average Bonchev–Trinajstić information content (AvgIpc) is 2.88. The Morgan fingerprint density at radius 1 is 1.24 bits per heavy atom. The molecule has 108 valence electrons. The van der Waals surface area contributed by atoms with Gasteiger partial charge in [-0.05, 0) is 42.2 Å². The summed E-state index contributed by atoms with van der Waals surface area (Å²) < 4.78 is 7.07. The molecule has 0 fully saturated rings. The van der Waals surface area contributed by atoms with Crippen molar-refractivity contribution in [2.24, 2.45) is 0 Å². The number of nitrogen functional groups attached to an aromatic ring is 1. The van der Waals surface area contributed by atoms with Crippen molar-refractivity contribution in [1.82, 2.24) is 4.98 Å². The number of rotatable bonds is 4. The molecule has 0 aliphatic carbocycles. The molecule has 3 aromatic rings. The summed E-state index contributed by atoms with van der Waals surface area (Å²) >= 11 is 1.52. The highest BCUT2D eigenvalue weighted by Crippen LogP contribution is 2.36. The summed E-state index contributed by atoms with van der Waals surface area (Å²) in [5, 5.41) is 0.659. The number of hydrogen-bond acceptors (Lipinski definition) is 4. The first kappa shape index (κ1) is 13.9. The van der Waals surface area contributed by atoms with E-state index in [9.17, 15) is 0 Å². The second-order valence-corrected chi connectivity index (χ2v) is 6.15. The Labute approximate surface area is 128 Å². The Morgan fingerprint density at radius 2 is 2.05 bits per heavy atom. The van der Waals surface area contributed by atoms with Crippen LogP contribution in [0.3, 0.4) is 0 Å². The summed E-state index contributed by atoms with van der Waals surface area (Å²) in [7, 11) is 0. The normalized spacial score (nSPS) is 12.5. The molecule has 4 heteroatoms. The lowest BCUT2D eigenvalue weighted by Crippen LogP contribution is -1.95. The predicted octanol–water partition coefficient (Wildman–Crippen LogP) is 5.18. The third-order valence-electron chi connectivity index (χ3n) is 3.65. The van der Waals surface area contributed by atoms with Gasteiger partial charge in [-0.25, -0.2) is 4.98 Å². The molecule has 21 heavy (non-hydrogen) atoms. The van der Waals surface area contributed by atoms with Gasteiger partial charge in [-0.1, -0.05) is 43.4 Å². The molecule has 0 bridgehead atoms. The summed E-state index contributed by atoms with van der Waals surface area (Å²) in [5.41, 5.74) is 8.70. The van der Waals surface area contributed by atoms with E-state index in [-0.39, 0.29) is 0 Å². The van der Waals surface area contributed by atoms with E-state index in [1.54, 1.807) is 0 Å². The molecule has 0 saturated carbocycles. The van der Waals surface area contributed by atoms with Gasteiger partial charge < -0.3 is 10.5 Å². The van der Waals surface area contributed by atoms with Crippen molar-refractivity contribution < 1.29 is 4.74 Å². The highest BCUT2D eigenvalue weighted by atomic mass is 32.1. The van der Waals surface area contributed by atoms with Crippen molar-refractivity contribution in [2.75, 3.05) is 5.73 Å². The second-order valence-electron chi connectivity index (χ2n) is 5.16. The highest BCUT2D eigenvalue weighted by Gasteiger charge is 2.12. The van der Waals surface area contributed by atoms with Gasteiger partial charge in [-0.15, -0.1) is 0 Å². The topological polar surface area (TPSA) is 48.1 Å². The van der Waals surface area contributed by atoms with Crippen LogP contribution in [0.2, 0.25) is 0 Å². The minimum Gasteiger partial charge on any atom is -0.431 e. The Kier molecular flexibility index (Phi) is 3.80. The van der Waals surface area contributed by atoms with Gasteiger partial charge in [0.15, 0.2) is 0 Å². The van der Waals surface area contributed by atoms with E-state index in [1.165, 1.54) is 16.9 Å². The van der Waals surface area contributed by atoms with Crippen LogP contribution in [0.1, 0.15) is 31.7 Å². The molecule has 1 atom stereocenters. The Balaban J connectivity index is 1.95. The largest absolute Gasteiger partial charge is 0.431 e. The van der Waals surface area contributed by atoms with E-state index >= 15 is 0 Å². The summed E-state index contributed by atoms with van der Waals surface area (Å²) in [6, 6.07) is 13.9. The van der Waals surface area contributed by atoms with Crippen LogP contribution in [0.4, 0.5) is 5.69 Å². The summed E-state index contributed by atoms with van der Waals surface area (Å²) in [6.45, 7) is 4.39. The number of fused-ring (bicyclic) bond motifs is 1. The minimum absolute atomic E-state index is 0.464. The van der Waals surface area contributed by atoms with Gasteiger partial charge in [0.1, 0.15) is 5.75 Å². The zero-order valence-corrected chi connectivity index (χ0v) is 13.0. The number of aromatic nitrogens is 1. The van der Waals surface area contributed by atoms with Gasteiger partial charge in [-0.2, -0.15) is 0 Å². The first-order valence-corrected chi connectivity index (χ1v) is 7.92. The van der Waals surface area contributed by atoms with Crippen molar-refractivity contribution in [3.8, 4) is 10.9 Å². The van der Waals surface area contributed by atoms with Crippen LogP contribution in [-0.2, 0) is 0 Å². The van der Waals surface area contributed by atoms with E-state index in [2.05, 4.69) is 24.9 Å².